The number of esters is 1. The molecule has 12 nitrogen and oxygen atoms in total. The van der Waals surface area contributed by atoms with E-state index in [0.717, 1.165) is 5.56 Å². The van der Waals surface area contributed by atoms with Gasteiger partial charge in [-0.25, -0.2) is 9.59 Å². The number of ether oxygens (including phenoxy) is 5. The number of allylic oxidation sites excluding steroid dienone is 1. The molecule has 2 atom stereocenters. The molecule has 4 N–H and O–H groups in total. The van der Waals surface area contributed by atoms with Crippen LogP contribution in [-0.4, -0.2) is 63.1 Å². The molecule has 0 radical (unpaired) electrons. The quantitative estimate of drug-likeness (QED) is 0.126. The molecule has 0 unspecified atom stereocenters. The molecule has 0 spiro atoms. The van der Waals surface area contributed by atoms with Crippen molar-refractivity contribution in [3.63, 3.8) is 0 Å². The van der Waals surface area contributed by atoms with Gasteiger partial charge in [0.1, 0.15) is 6.61 Å². The summed E-state index contributed by atoms with van der Waals surface area (Å²) in [6, 6.07) is 9.20. The maximum atomic E-state index is 12.4. The minimum atomic E-state index is -1.13. The van der Waals surface area contributed by atoms with E-state index in [4.69, 9.17) is 23.7 Å². The number of rotatable bonds is 13. The van der Waals surface area contributed by atoms with Gasteiger partial charge >= 0.3 is 12.0 Å². The predicted molar refractivity (Wildman–Crippen MR) is 148 cm³/mol. The molecule has 0 bridgehead atoms. The lowest BCUT2D eigenvalue weighted by Gasteiger charge is -2.28. The van der Waals surface area contributed by atoms with Crippen LogP contribution in [0.2, 0.25) is 0 Å². The van der Waals surface area contributed by atoms with Gasteiger partial charge in [0, 0.05) is 5.70 Å². The minimum Gasteiger partial charge on any atom is -0.493 e. The molecule has 2 aromatic rings. The molecule has 0 aliphatic carbocycles. The first kappa shape index (κ1) is 30.1. The molecule has 1 heterocycles. The summed E-state index contributed by atoms with van der Waals surface area (Å²) >= 11 is 0. The number of hydrogen-bond acceptors (Lipinski definition) is 10. The molecule has 2 amide bonds. The average molecular weight is 557 g/mol. The van der Waals surface area contributed by atoms with E-state index < -0.39 is 24.3 Å². The molecule has 0 fully saturated rings. The standard InChI is InChI=1S/C28H36N4O8/c1-7-38-23-13-19(26-25(27(34)37-6)17(4)30-28(35)31-26)9-11-20(23)39-15-24(33)32-29-14-18-8-10-21(40-16(2)3)22(12-18)36-5/h8-14,16,24,26,32-33H,7,15H2,1-6H3,(H2,30,31,35)/b29-14-/t24-,26+/m0/s1. The SMILES string of the molecule is CCOc1cc([C@H]2NC(=O)NC(C)=C2C(=O)OC)ccc1OC[C@H](O)N/N=C\c1ccc(OC(C)C)c(OC)c1. The molecular formula is C28H36N4O8. The van der Waals surface area contributed by atoms with E-state index in [2.05, 4.69) is 21.2 Å². The van der Waals surface area contributed by atoms with Crippen LogP contribution in [-0.2, 0) is 9.53 Å². The highest BCUT2D eigenvalue weighted by atomic mass is 16.5. The van der Waals surface area contributed by atoms with Crippen molar-refractivity contribution in [3.8, 4) is 23.0 Å². The third-order valence-corrected chi connectivity index (χ3v) is 5.66. The van der Waals surface area contributed by atoms with E-state index in [9.17, 15) is 14.7 Å². The third kappa shape index (κ3) is 7.79. The summed E-state index contributed by atoms with van der Waals surface area (Å²) in [6.07, 6.45) is 0.414. The fourth-order valence-electron chi connectivity index (χ4n) is 3.94. The monoisotopic (exact) mass is 556 g/mol. The number of urea groups is 1. The lowest BCUT2D eigenvalue weighted by molar-refractivity contribution is -0.136. The highest BCUT2D eigenvalue weighted by molar-refractivity contribution is 5.95. The molecule has 1 aliphatic heterocycles. The van der Waals surface area contributed by atoms with Crippen LogP contribution in [0.5, 0.6) is 23.0 Å². The molecule has 3 rings (SSSR count). The number of carbonyl (C=O) groups is 2. The highest BCUT2D eigenvalue weighted by Crippen LogP contribution is 2.35. The average Bonchev–Trinajstić information content (AvgIpc) is 2.92. The van der Waals surface area contributed by atoms with Crippen molar-refractivity contribution >= 4 is 18.2 Å². The van der Waals surface area contributed by atoms with Crippen LogP contribution in [0.25, 0.3) is 0 Å². The normalized spacial score (nSPS) is 15.8. The zero-order valence-corrected chi connectivity index (χ0v) is 23.4. The molecule has 0 saturated heterocycles. The lowest BCUT2D eigenvalue weighted by atomic mass is 9.95. The number of aliphatic hydroxyl groups is 1. The zero-order valence-electron chi connectivity index (χ0n) is 23.4. The van der Waals surface area contributed by atoms with E-state index in [1.807, 2.05) is 26.8 Å². The number of benzene rings is 2. The summed E-state index contributed by atoms with van der Waals surface area (Å²) in [5.41, 5.74) is 4.61. The number of hydrogen-bond donors (Lipinski definition) is 4. The van der Waals surface area contributed by atoms with Crippen LogP contribution in [0, 0.1) is 0 Å². The zero-order chi connectivity index (χ0) is 29.2. The Morgan fingerprint density at radius 3 is 2.52 bits per heavy atom. The van der Waals surface area contributed by atoms with Crippen LogP contribution in [0.4, 0.5) is 4.79 Å². The first-order valence-corrected chi connectivity index (χ1v) is 12.7. The summed E-state index contributed by atoms with van der Waals surface area (Å²) in [7, 11) is 2.83. The van der Waals surface area contributed by atoms with E-state index in [1.165, 1.54) is 13.3 Å². The van der Waals surface area contributed by atoms with Crippen LogP contribution in [0.15, 0.2) is 52.8 Å². The van der Waals surface area contributed by atoms with Gasteiger partial charge < -0.3 is 39.4 Å². The molecular weight excluding hydrogens is 520 g/mol. The Balaban J connectivity index is 1.67. The Bertz CT molecular complexity index is 1260. The van der Waals surface area contributed by atoms with Crippen molar-refractivity contribution in [1.29, 1.82) is 0 Å². The van der Waals surface area contributed by atoms with Gasteiger partial charge in [-0.2, -0.15) is 5.10 Å². The Morgan fingerprint density at radius 1 is 1.10 bits per heavy atom. The summed E-state index contributed by atoms with van der Waals surface area (Å²) < 4.78 is 27.5. The third-order valence-electron chi connectivity index (χ3n) is 5.66. The maximum Gasteiger partial charge on any atom is 0.337 e. The van der Waals surface area contributed by atoms with E-state index in [-0.39, 0.29) is 18.3 Å². The summed E-state index contributed by atoms with van der Waals surface area (Å²) in [4.78, 5) is 24.5. The summed E-state index contributed by atoms with van der Waals surface area (Å²) in [5.74, 6) is 1.37. The molecule has 1 aliphatic rings. The van der Waals surface area contributed by atoms with Gasteiger partial charge in [-0.3, -0.25) is 5.43 Å². The van der Waals surface area contributed by atoms with E-state index in [1.54, 1.807) is 44.4 Å². The molecule has 2 aromatic carbocycles. The fraction of sp³-hybridized carbons (Fsp3) is 0.393. The van der Waals surface area contributed by atoms with Crippen molar-refractivity contribution in [1.82, 2.24) is 16.1 Å². The van der Waals surface area contributed by atoms with Gasteiger partial charge in [0.2, 0.25) is 0 Å². The number of aliphatic hydroxyl groups excluding tert-OH is 1. The smallest absolute Gasteiger partial charge is 0.337 e. The van der Waals surface area contributed by atoms with E-state index in [0.29, 0.717) is 40.9 Å². The van der Waals surface area contributed by atoms with Gasteiger partial charge in [0.05, 0.1) is 44.8 Å². The largest absolute Gasteiger partial charge is 0.493 e. The topological polar surface area (TPSA) is 149 Å². The predicted octanol–water partition coefficient (Wildman–Crippen LogP) is 3.00. The van der Waals surface area contributed by atoms with Crippen LogP contribution in [0.1, 0.15) is 44.9 Å². The van der Waals surface area contributed by atoms with Crippen molar-refractivity contribution in [2.24, 2.45) is 5.10 Å². The summed E-state index contributed by atoms with van der Waals surface area (Å²) in [6.45, 7) is 7.50. The van der Waals surface area contributed by atoms with Gasteiger partial charge in [-0.1, -0.05) is 6.07 Å². The number of hydrazone groups is 1. The second-order valence-corrected chi connectivity index (χ2v) is 8.99. The van der Waals surface area contributed by atoms with Crippen LogP contribution in [0.3, 0.4) is 0 Å². The van der Waals surface area contributed by atoms with E-state index >= 15 is 0 Å². The first-order chi connectivity index (χ1) is 19.2. The fourth-order valence-corrected chi connectivity index (χ4v) is 3.94. The minimum absolute atomic E-state index is 0.00784. The number of nitrogens with zero attached hydrogens (tertiary/aromatic N) is 1. The Labute approximate surface area is 233 Å². The molecule has 0 saturated carbocycles. The number of carbonyl (C=O) groups excluding carboxylic acids is 2. The number of amides is 2. The molecule has 12 heteroatoms. The second kappa shape index (κ2) is 14.1. The first-order valence-electron chi connectivity index (χ1n) is 12.7. The lowest BCUT2D eigenvalue weighted by Crippen LogP contribution is -2.45. The van der Waals surface area contributed by atoms with Crippen molar-refractivity contribution < 1.29 is 38.4 Å². The number of nitrogens with one attached hydrogen (secondary N) is 3. The van der Waals surface area contributed by atoms with Crippen molar-refractivity contribution in [3.05, 3.63) is 58.8 Å². The van der Waals surface area contributed by atoms with Crippen molar-refractivity contribution in [2.45, 2.75) is 46.1 Å². The van der Waals surface area contributed by atoms with Crippen LogP contribution >= 0.6 is 0 Å². The van der Waals surface area contributed by atoms with Gasteiger partial charge in [-0.05, 0) is 69.2 Å². The Hall–Kier alpha value is -4.45. The maximum absolute atomic E-state index is 12.4. The van der Waals surface area contributed by atoms with Crippen molar-refractivity contribution in [2.75, 3.05) is 27.4 Å². The Kier molecular flexibility index (Phi) is 10.6. The van der Waals surface area contributed by atoms with Gasteiger partial charge in [0.15, 0.2) is 29.2 Å². The van der Waals surface area contributed by atoms with Crippen LogP contribution < -0.4 is 35.0 Å². The molecule has 216 valence electrons. The Morgan fingerprint density at radius 2 is 1.85 bits per heavy atom. The van der Waals surface area contributed by atoms with Gasteiger partial charge in [-0.15, -0.1) is 0 Å². The second-order valence-electron chi connectivity index (χ2n) is 8.99. The summed E-state index contributed by atoms with van der Waals surface area (Å²) in [5, 5.41) is 19.7. The molecule has 0 aromatic heterocycles. The van der Waals surface area contributed by atoms with Gasteiger partial charge in [0.25, 0.3) is 0 Å². The number of methoxy groups -OCH3 is 2. The molecule has 40 heavy (non-hydrogen) atoms. The highest BCUT2D eigenvalue weighted by Gasteiger charge is 2.32.